The van der Waals surface area contributed by atoms with E-state index in [0.717, 1.165) is 16.1 Å². The SMILES string of the molecule is Cc1cc(C=Nc2ccccc2S)ccc1N1CCCC1. The Labute approximate surface area is 131 Å². The van der Waals surface area contributed by atoms with Crippen LogP contribution in [0.4, 0.5) is 11.4 Å². The number of aliphatic imine (C=N–C) groups is 1. The van der Waals surface area contributed by atoms with Gasteiger partial charge in [0.1, 0.15) is 0 Å². The van der Waals surface area contributed by atoms with Crippen LogP contribution in [0.3, 0.4) is 0 Å². The van der Waals surface area contributed by atoms with Gasteiger partial charge < -0.3 is 4.90 Å². The summed E-state index contributed by atoms with van der Waals surface area (Å²) in [6.45, 7) is 4.54. The van der Waals surface area contributed by atoms with Crippen LogP contribution in [-0.4, -0.2) is 19.3 Å². The van der Waals surface area contributed by atoms with Gasteiger partial charge in [-0.15, -0.1) is 12.6 Å². The summed E-state index contributed by atoms with van der Waals surface area (Å²) in [4.78, 5) is 7.90. The molecule has 1 aliphatic heterocycles. The van der Waals surface area contributed by atoms with Gasteiger partial charge in [-0.25, -0.2) is 0 Å². The second-order valence-corrected chi connectivity index (χ2v) is 5.97. The van der Waals surface area contributed by atoms with Crippen LogP contribution >= 0.6 is 12.6 Å². The fourth-order valence-corrected chi connectivity index (χ4v) is 3.01. The minimum Gasteiger partial charge on any atom is -0.371 e. The van der Waals surface area contributed by atoms with Crippen LogP contribution in [-0.2, 0) is 0 Å². The minimum absolute atomic E-state index is 0.902. The average Bonchev–Trinajstić information content (AvgIpc) is 3.00. The highest BCUT2D eigenvalue weighted by Gasteiger charge is 2.13. The van der Waals surface area contributed by atoms with E-state index in [-0.39, 0.29) is 0 Å². The lowest BCUT2D eigenvalue weighted by atomic mass is 10.1. The molecule has 1 aliphatic rings. The maximum absolute atomic E-state index is 4.53. The Morgan fingerprint density at radius 1 is 1.10 bits per heavy atom. The smallest absolute Gasteiger partial charge is 0.0763 e. The van der Waals surface area contributed by atoms with Crippen molar-refractivity contribution in [3.05, 3.63) is 53.6 Å². The molecular formula is C18H20N2S. The maximum Gasteiger partial charge on any atom is 0.0763 e. The number of para-hydroxylation sites is 1. The average molecular weight is 296 g/mol. The van der Waals surface area contributed by atoms with E-state index in [9.17, 15) is 0 Å². The summed E-state index contributed by atoms with van der Waals surface area (Å²) in [5.41, 5.74) is 4.72. The van der Waals surface area contributed by atoms with Crippen molar-refractivity contribution < 1.29 is 0 Å². The molecule has 3 rings (SSSR count). The van der Waals surface area contributed by atoms with E-state index in [1.54, 1.807) is 0 Å². The van der Waals surface area contributed by atoms with Gasteiger partial charge in [0.15, 0.2) is 0 Å². The van der Waals surface area contributed by atoms with Gasteiger partial charge in [-0.1, -0.05) is 18.2 Å². The number of nitrogens with zero attached hydrogens (tertiary/aromatic N) is 2. The molecule has 1 heterocycles. The zero-order valence-electron chi connectivity index (χ0n) is 12.3. The molecule has 2 nitrogen and oxygen atoms in total. The summed E-state index contributed by atoms with van der Waals surface area (Å²) in [5.74, 6) is 0. The first-order valence-electron chi connectivity index (χ1n) is 7.42. The molecule has 0 aliphatic carbocycles. The Morgan fingerprint density at radius 3 is 2.57 bits per heavy atom. The van der Waals surface area contributed by atoms with Crippen LogP contribution in [0.15, 0.2) is 52.4 Å². The van der Waals surface area contributed by atoms with Crippen LogP contribution in [0.5, 0.6) is 0 Å². The lowest BCUT2D eigenvalue weighted by molar-refractivity contribution is 0.949. The molecule has 0 bridgehead atoms. The van der Waals surface area contributed by atoms with Gasteiger partial charge in [-0.3, -0.25) is 4.99 Å². The summed E-state index contributed by atoms with van der Waals surface area (Å²) in [6, 6.07) is 14.4. The molecule has 0 radical (unpaired) electrons. The van der Waals surface area contributed by atoms with Crippen molar-refractivity contribution in [2.24, 2.45) is 4.99 Å². The summed E-state index contributed by atoms with van der Waals surface area (Å²) in [6.07, 6.45) is 4.53. The van der Waals surface area contributed by atoms with Gasteiger partial charge in [0, 0.05) is 29.9 Å². The quantitative estimate of drug-likeness (QED) is 0.644. The third-order valence-electron chi connectivity index (χ3n) is 3.90. The largest absolute Gasteiger partial charge is 0.371 e. The molecule has 0 amide bonds. The van der Waals surface area contributed by atoms with Gasteiger partial charge in [-0.05, 0) is 55.2 Å². The Balaban J connectivity index is 1.80. The second-order valence-electron chi connectivity index (χ2n) is 5.49. The van der Waals surface area contributed by atoms with Crippen LogP contribution in [0.25, 0.3) is 0 Å². The molecular weight excluding hydrogens is 276 g/mol. The molecule has 108 valence electrons. The van der Waals surface area contributed by atoms with Crippen LogP contribution in [0.1, 0.15) is 24.0 Å². The Kier molecular flexibility index (Phi) is 4.30. The number of rotatable bonds is 3. The van der Waals surface area contributed by atoms with Crippen molar-refractivity contribution >= 4 is 30.2 Å². The van der Waals surface area contributed by atoms with Crippen molar-refractivity contribution in [2.75, 3.05) is 18.0 Å². The molecule has 0 atom stereocenters. The number of thiol groups is 1. The highest BCUT2D eigenvalue weighted by molar-refractivity contribution is 7.80. The molecule has 0 saturated carbocycles. The molecule has 1 saturated heterocycles. The van der Waals surface area contributed by atoms with Crippen molar-refractivity contribution in [2.45, 2.75) is 24.7 Å². The fourth-order valence-electron chi connectivity index (χ4n) is 2.79. The van der Waals surface area contributed by atoms with Crippen LogP contribution < -0.4 is 4.90 Å². The van der Waals surface area contributed by atoms with Gasteiger partial charge in [0.2, 0.25) is 0 Å². The van der Waals surface area contributed by atoms with Crippen LogP contribution in [0.2, 0.25) is 0 Å². The minimum atomic E-state index is 0.902. The predicted octanol–water partition coefficient (Wildman–Crippen LogP) is 4.63. The first-order chi connectivity index (χ1) is 10.2. The van der Waals surface area contributed by atoms with E-state index in [1.807, 2.05) is 30.5 Å². The Morgan fingerprint density at radius 2 is 1.86 bits per heavy atom. The van der Waals surface area contributed by atoms with E-state index >= 15 is 0 Å². The van der Waals surface area contributed by atoms with Crippen LogP contribution in [0, 0.1) is 6.92 Å². The zero-order valence-corrected chi connectivity index (χ0v) is 13.2. The standard InChI is InChI=1S/C18H20N2S/c1-14-12-15(8-9-17(14)20-10-4-5-11-20)13-19-16-6-2-3-7-18(16)21/h2-3,6-9,12-13,21H,4-5,10-11H2,1H3. The van der Waals surface area contributed by atoms with Crippen molar-refractivity contribution in [3.8, 4) is 0 Å². The normalized spacial score (nSPS) is 15.0. The van der Waals surface area contributed by atoms with Crippen molar-refractivity contribution in [3.63, 3.8) is 0 Å². The fraction of sp³-hybridized carbons (Fsp3) is 0.278. The van der Waals surface area contributed by atoms with E-state index in [0.29, 0.717) is 0 Å². The lowest BCUT2D eigenvalue weighted by Gasteiger charge is -2.20. The molecule has 0 unspecified atom stereocenters. The number of hydrogen-bond acceptors (Lipinski definition) is 3. The third-order valence-corrected chi connectivity index (χ3v) is 4.28. The first-order valence-corrected chi connectivity index (χ1v) is 7.86. The zero-order chi connectivity index (χ0) is 14.7. The summed E-state index contributed by atoms with van der Waals surface area (Å²) in [5, 5.41) is 0. The second kappa shape index (κ2) is 6.35. The summed E-state index contributed by atoms with van der Waals surface area (Å²) in [7, 11) is 0. The monoisotopic (exact) mass is 296 g/mol. The number of anilines is 1. The number of benzene rings is 2. The van der Waals surface area contributed by atoms with Gasteiger partial charge in [0.05, 0.1) is 5.69 Å². The molecule has 2 aromatic rings. The third kappa shape index (κ3) is 3.30. The van der Waals surface area contributed by atoms with E-state index in [2.05, 4.69) is 47.6 Å². The number of hydrogen-bond donors (Lipinski definition) is 1. The van der Waals surface area contributed by atoms with Crippen molar-refractivity contribution in [1.29, 1.82) is 0 Å². The Hall–Kier alpha value is -1.74. The highest BCUT2D eigenvalue weighted by atomic mass is 32.1. The molecule has 0 N–H and O–H groups in total. The molecule has 3 heteroatoms. The predicted molar refractivity (Wildman–Crippen MR) is 93.6 cm³/mol. The highest BCUT2D eigenvalue weighted by Crippen LogP contribution is 2.25. The maximum atomic E-state index is 4.53. The molecule has 21 heavy (non-hydrogen) atoms. The summed E-state index contributed by atoms with van der Waals surface area (Å²) >= 11 is 4.42. The van der Waals surface area contributed by atoms with Crippen molar-refractivity contribution in [1.82, 2.24) is 0 Å². The van der Waals surface area contributed by atoms with E-state index in [4.69, 9.17) is 0 Å². The lowest BCUT2D eigenvalue weighted by Crippen LogP contribution is -2.18. The number of aryl methyl sites for hydroxylation is 1. The molecule has 2 aromatic carbocycles. The van der Waals surface area contributed by atoms with E-state index in [1.165, 1.54) is 37.2 Å². The van der Waals surface area contributed by atoms with Gasteiger partial charge in [0.25, 0.3) is 0 Å². The van der Waals surface area contributed by atoms with Gasteiger partial charge >= 0.3 is 0 Å². The topological polar surface area (TPSA) is 15.6 Å². The summed E-state index contributed by atoms with van der Waals surface area (Å²) < 4.78 is 0. The molecule has 0 aromatic heterocycles. The molecule has 1 fully saturated rings. The van der Waals surface area contributed by atoms with E-state index < -0.39 is 0 Å². The first kappa shape index (κ1) is 14.2. The Bertz CT molecular complexity index is 658. The molecule has 0 spiro atoms. The van der Waals surface area contributed by atoms with Gasteiger partial charge in [-0.2, -0.15) is 0 Å².